The quantitative estimate of drug-likeness (QED) is 0.166. The number of aliphatic hydroxyl groups is 1. The predicted molar refractivity (Wildman–Crippen MR) is 301 cm³/mol. The maximum Gasteiger partial charge on any atom is 0.407 e. The van der Waals surface area contributed by atoms with Crippen molar-refractivity contribution in [1.29, 1.82) is 0 Å². The van der Waals surface area contributed by atoms with Crippen molar-refractivity contribution in [3.05, 3.63) is 24.3 Å². The van der Waals surface area contributed by atoms with Gasteiger partial charge in [-0.25, -0.2) is 4.79 Å². The standard InChI is InChI=1S/C58H103NO13Si3/c1-35-27-39-22-25-45-36(2)29-40(65-45)21-19-37(60)20-24-47(70-73(13,14)56(3,4)5)52-54(72-75(17,18)58(9,10)11)53(71-74(15,16)57(6,7)8)51-46(69-52)26-23-41(66-51)30-38(61)31-44-48(32-42(28-35)64-39)68-49(50(44)63-12)33-43-34-59-55(62)67-43/h20,24,35,37,39-54,60H,2,19,21-23,25-34H2,1,3-18H3,(H,59,62)/b24-20+/t35-,37?,39+,40+,41-,42+,43+,44+,45+,46?,47+,48+,49-,50-,51+,52+,53+,54-/m1/s1. The molecular formula is C58H103NO13Si3. The number of fused-ring (bicyclic) bond motifs is 2. The average Bonchev–Trinajstić information content (AvgIpc) is 3.96. The van der Waals surface area contributed by atoms with E-state index in [0.717, 1.165) is 37.7 Å². The number of cyclic esters (lactones) is 1. The van der Waals surface area contributed by atoms with E-state index in [1.807, 2.05) is 6.08 Å². The summed E-state index contributed by atoms with van der Waals surface area (Å²) in [5.41, 5.74) is 1.10. The van der Waals surface area contributed by atoms with Gasteiger partial charge in [0.2, 0.25) is 0 Å². The van der Waals surface area contributed by atoms with Gasteiger partial charge in [0.05, 0.1) is 73.7 Å². The van der Waals surface area contributed by atoms with Crippen LogP contribution in [0.1, 0.15) is 153 Å². The summed E-state index contributed by atoms with van der Waals surface area (Å²) >= 11 is 0. The van der Waals surface area contributed by atoms with E-state index < -0.39 is 67.7 Å². The largest absolute Gasteiger partial charge is 0.444 e. The Kier molecular flexibility index (Phi) is 19.6. The lowest BCUT2D eigenvalue weighted by atomic mass is 9.83. The van der Waals surface area contributed by atoms with E-state index in [4.69, 9.17) is 46.4 Å². The molecule has 2 N–H and O–H groups in total. The Balaban J connectivity index is 1.27. The van der Waals surface area contributed by atoms with Gasteiger partial charge >= 0.3 is 6.09 Å². The lowest BCUT2D eigenvalue weighted by Crippen LogP contribution is -2.69. The van der Waals surface area contributed by atoms with Crippen molar-refractivity contribution in [2.24, 2.45) is 11.8 Å². The maximum atomic E-state index is 14.8. The highest BCUT2D eigenvalue weighted by Crippen LogP contribution is 2.48. The van der Waals surface area contributed by atoms with Gasteiger partial charge in [-0.15, -0.1) is 0 Å². The first-order valence-electron chi connectivity index (χ1n) is 29.1. The molecule has 75 heavy (non-hydrogen) atoms. The Bertz CT molecular complexity index is 1980. The minimum absolute atomic E-state index is 0.0314. The van der Waals surface area contributed by atoms with Crippen molar-refractivity contribution in [1.82, 2.24) is 5.32 Å². The molecule has 0 spiro atoms. The maximum absolute atomic E-state index is 14.8. The van der Waals surface area contributed by atoms with Gasteiger partial charge in [-0.05, 0) is 124 Å². The van der Waals surface area contributed by atoms with Crippen LogP contribution in [-0.4, -0.2) is 153 Å². The number of hydrogen-bond donors (Lipinski definition) is 2. The highest BCUT2D eigenvalue weighted by atomic mass is 28.4. The number of carbonyl (C=O) groups excluding carboxylic acids is 2. The molecule has 0 aromatic rings. The Hall–Kier alpha value is -1.33. The summed E-state index contributed by atoms with van der Waals surface area (Å²) in [6.07, 6.45) is 6.24. The summed E-state index contributed by atoms with van der Waals surface area (Å²) in [5.74, 6) is 0.307. The van der Waals surface area contributed by atoms with Crippen LogP contribution < -0.4 is 5.32 Å². The van der Waals surface area contributed by atoms with Crippen LogP contribution in [0.5, 0.6) is 0 Å². The number of Topliss-reactive ketones (excluding diaryl/α,β-unsaturated/α-hetero) is 1. The predicted octanol–water partition coefficient (Wildman–Crippen LogP) is 11.5. The van der Waals surface area contributed by atoms with Crippen LogP contribution >= 0.6 is 0 Å². The van der Waals surface area contributed by atoms with Crippen LogP contribution in [0.3, 0.4) is 0 Å². The van der Waals surface area contributed by atoms with Crippen molar-refractivity contribution in [2.75, 3.05) is 13.7 Å². The second-order valence-electron chi connectivity index (χ2n) is 28.5. The fourth-order valence-corrected chi connectivity index (χ4v) is 15.8. The molecule has 9 rings (SSSR count). The van der Waals surface area contributed by atoms with Gasteiger partial charge in [0.25, 0.3) is 0 Å². The molecule has 2 unspecified atom stereocenters. The highest BCUT2D eigenvalue weighted by Gasteiger charge is 2.58. The normalized spacial score (nSPS) is 39.8. The first-order valence-corrected chi connectivity index (χ1v) is 37.8. The van der Waals surface area contributed by atoms with Crippen LogP contribution in [0.15, 0.2) is 24.3 Å². The Morgan fingerprint density at radius 2 is 1.23 bits per heavy atom. The zero-order valence-electron chi connectivity index (χ0n) is 49.5. The zero-order valence-corrected chi connectivity index (χ0v) is 52.5. The number of nitrogens with one attached hydrogen (secondary N) is 1. The smallest absolute Gasteiger partial charge is 0.407 e. The average molecular weight is 1110 g/mol. The molecular weight excluding hydrogens is 1000 g/mol. The topological polar surface area (TPSA) is 159 Å². The summed E-state index contributed by atoms with van der Waals surface area (Å²) in [4.78, 5) is 27.0. The van der Waals surface area contributed by atoms with E-state index in [1.165, 1.54) is 0 Å². The number of hydrogen-bond acceptors (Lipinski definition) is 13. The fraction of sp³-hybridized carbons (Fsp3) is 0.897. The SMILES string of the molecule is C=C1C[C@@H]2CCC(O)/C=C/[C@H](O[Si](C)(C)C(C)(C)C)[C@@H]3OC4CC[C@H](CC(=O)C[C@@H]5[C@@H](OC)[C@@H](C[C@H]6CNC(=O)O6)O[C@H]5C[C@@H]5C[C@H](C)C[C@H](CC[C@@H]1O2)O5)O[C@@H]4[C@H](O[Si](C)(C)C(C)(C)C)[C@@H]3O[Si](C)(C)C(C)(C)C. The molecule has 0 saturated carbocycles. The first-order chi connectivity index (χ1) is 34.7. The molecule has 6 saturated heterocycles. The number of ether oxygens (including phenoxy) is 7. The Morgan fingerprint density at radius 3 is 1.84 bits per heavy atom. The second-order valence-corrected chi connectivity index (χ2v) is 42.8. The van der Waals surface area contributed by atoms with E-state index in [1.54, 1.807) is 7.11 Å². The molecule has 0 aliphatic carbocycles. The van der Waals surface area contributed by atoms with E-state index in [-0.39, 0.29) is 101 Å². The molecule has 8 bridgehead atoms. The summed E-state index contributed by atoms with van der Waals surface area (Å²) in [7, 11) is -5.87. The number of carbonyl (C=O) groups is 2. The van der Waals surface area contributed by atoms with Gasteiger partial charge in [0.1, 0.15) is 36.3 Å². The molecule has 0 aromatic carbocycles. The molecule has 430 valence electrons. The van der Waals surface area contributed by atoms with Gasteiger partial charge < -0.3 is 56.9 Å². The molecule has 9 aliphatic rings. The Morgan fingerprint density at radius 1 is 0.640 bits per heavy atom. The summed E-state index contributed by atoms with van der Waals surface area (Å²) in [5, 5.41) is 14.2. The molecule has 0 aromatic heterocycles. The number of ketones is 1. The lowest BCUT2D eigenvalue weighted by Gasteiger charge is -2.56. The molecule has 6 fully saturated rings. The molecule has 17 heteroatoms. The molecule has 9 heterocycles. The lowest BCUT2D eigenvalue weighted by molar-refractivity contribution is -0.266. The zero-order chi connectivity index (χ0) is 55.2. The van der Waals surface area contributed by atoms with Crippen molar-refractivity contribution >= 4 is 36.8 Å². The second kappa shape index (κ2) is 24.0. The molecule has 1 amide bonds. The van der Waals surface area contributed by atoms with Crippen LogP contribution in [0.2, 0.25) is 54.4 Å². The number of amides is 1. The molecule has 18 atom stereocenters. The Labute approximate surface area is 455 Å². The first kappa shape index (κ1) is 61.3. The van der Waals surface area contributed by atoms with Crippen molar-refractivity contribution in [3.8, 4) is 0 Å². The van der Waals surface area contributed by atoms with Crippen LogP contribution in [-0.2, 0) is 51.2 Å². The van der Waals surface area contributed by atoms with Gasteiger partial charge in [-0.2, -0.15) is 0 Å². The van der Waals surface area contributed by atoms with E-state index in [2.05, 4.69) is 126 Å². The minimum Gasteiger partial charge on any atom is -0.444 e. The molecule has 14 nitrogen and oxygen atoms in total. The summed E-state index contributed by atoms with van der Waals surface area (Å²) in [6.45, 7) is 41.2. The fourth-order valence-electron chi connectivity index (χ4n) is 12.0. The molecule has 9 aliphatic heterocycles. The molecule has 0 radical (unpaired) electrons. The van der Waals surface area contributed by atoms with E-state index in [0.29, 0.717) is 51.0 Å². The monoisotopic (exact) mass is 1110 g/mol. The van der Waals surface area contributed by atoms with Gasteiger partial charge in [-0.1, -0.05) is 88.0 Å². The minimum atomic E-state index is -2.56. The van der Waals surface area contributed by atoms with Crippen molar-refractivity contribution in [3.63, 3.8) is 0 Å². The third-order valence-corrected chi connectivity index (χ3v) is 32.9. The van der Waals surface area contributed by atoms with Gasteiger partial charge in [0.15, 0.2) is 25.0 Å². The number of alkyl carbamates (subject to hydrolysis) is 1. The van der Waals surface area contributed by atoms with Crippen molar-refractivity contribution in [2.45, 2.75) is 305 Å². The van der Waals surface area contributed by atoms with E-state index >= 15 is 0 Å². The number of methoxy groups -OCH3 is 1. The van der Waals surface area contributed by atoms with Gasteiger partial charge in [0, 0.05) is 38.7 Å². The highest BCUT2D eigenvalue weighted by molar-refractivity contribution is 6.75. The number of rotatable bonds is 9. The summed E-state index contributed by atoms with van der Waals surface area (Å²) < 4.78 is 70.1. The third kappa shape index (κ3) is 15.0. The summed E-state index contributed by atoms with van der Waals surface area (Å²) in [6, 6.07) is 0. The third-order valence-electron chi connectivity index (χ3n) is 19.4. The van der Waals surface area contributed by atoms with Crippen molar-refractivity contribution < 1.29 is 61.1 Å². The van der Waals surface area contributed by atoms with E-state index in [9.17, 15) is 14.7 Å². The van der Waals surface area contributed by atoms with Crippen LogP contribution in [0, 0.1) is 11.8 Å². The van der Waals surface area contributed by atoms with Gasteiger partial charge in [-0.3, -0.25) is 4.79 Å². The number of aliphatic hydroxyl groups excluding tert-OH is 1. The van der Waals surface area contributed by atoms with Crippen LogP contribution in [0.25, 0.3) is 0 Å². The van der Waals surface area contributed by atoms with Crippen LogP contribution in [0.4, 0.5) is 4.79 Å².